The third-order valence-electron chi connectivity index (χ3n) is 4.22. The van der Waals surface area contributed by atoms with Crippen molar-refractivity contribution < 1.29 is 23.8 Å². The van der Waals surface area contributed by atoms with Gasteiger partial charge in [-0.1, -0.05) is 6.42 Å². The van der Waals surface area contributed by atoms with Crippen molar-refractivity contribution in [2.75, 3.05) is 20.3 Å². The Hall–Kier alpha value is -0.940. The third kappa shape index (κ3) is 3.34. The maximum Gasteiger partial charge on any atom is 0.331 e. The second-order valence-corrected chi connectivity index (χ2v) is 5.41. The van der Waals surface area contributed by atoms with Gasteiger partial charge in [0.25, 0.3) is 0 Å². The standard InChI is InChI=1S/C14H22O5/c1-17-13(16)9-18-7-3-2-4-11-8-12-5-6-14(11,10-15)19-12/h10-12H,2-9H2,1H3. The molecule has 3 unspecified atom stereocenters. The summed E-state index contributed by atoms with van der Waals surface area (Å²) in [5.74, 6) is 0.0192. The number of aldehydes is 1. The van der Waals surface area contributed by atoms with Crippen molar-refractivity contribution in [2.24, 2.45) is 5.92 Å². The summed E-state index contributed by atoms with van der Waals surface area (Å²) in [5, 5.41) is 0. The van der Waals surface area contributed by atoms with E-state index in [1.54, 1.807) is 0 Å². The summed E-state index contributed by atoms with van der Waals surface area (Å²) in [7, 11) is 1.35. The number of ether oxygens (including phenoxy) is 3. The molecule has 0 aliphatic carbocycles. The molecular weight excluding hydrogens is 248 g/mol. The van der Waals surface area contributed by atoms with Crippen LogP contribution in [-0.4, -0.2) is 44.3 Å². The highest BCUT2D eigenvalue weighted by atomic mass is 16.6. The molecule has 19 heavy (non-hydrogen) atoms. The number of methoxy groups -OCH3 is 1. The molecule has 0 radical (unpaired) electrons. The summed E-state index contributed by atoms with van der Waals surface area (Å²) >= 11 is 0. The third-order valence-corrected chi connectivity index (χ3v) is 4.22. The zero-order valence-corrected chi connectivity index (χ0v) is 11.4. The zero-order chi connectivity index (χ0) is 13.7. The van der Waals surface area contributed by atoms with Crippen LogP contribution < -0.4 is 0 Å². The van der Waals surface area contributed by atoms with Crippen molar-refractivity contribution in [3.8, 4) is 0 Å². The molecular formula is C14H22O5. The van der Waals surface area contributed by atoms with E-state index in [9.17, 15) is 9.59 Å². The van der Waals surface area contributed by atoms with E-state index in [1.807, 2.05) is 0 Å². The van der Waals surface area contributed by atoms with E-state index in [4.69, 9.17) is 9.47 Å². The van der Waals surface area contributed by atoms with E-state index < -0.39 is 5.60 Å². The van der Waals surface area contributed by atoms with Gasteiger partial charge < -0.3 is 19.0 Å². The molecule has 0 saturated carbocycles. The summed E-state index contributed by atoms with van der Waals surface area (Å²) < 4.78 is 15.5. The summed E-state index contributed by atoms with van der Waals surface area (Å²) in [4.78, 5) is 22.1. The van der Waals surface area contributed by atoms with Crippen molar-refractivity contribution in [2.45, 2.75) is 50.2 Å². The number of rotatable bonds is 8. The topological polar surface area (TPSA) is 61.8 Å². The minimum Gasteiger partial charge on any atom is -0.467 e. The molecule has 108 valence electrons. The minimum atomic E-state index is -0.489. The number of hydrogen-bond acceptors (Lipinski definition) is 5. The number of unbranched alkanes of at least 4 members (excludes halogenated alkanes) is 1. The first-order valence-electron chi connectivity index (χ1n) is 6.99. The highest BCUT2D eigenvalue weighted by Crippen LogP contribution is 2.48. The summed E-state index contributed by atoms with van der Waals surface area (Å²) in [5.41, 5.74) is -0.489. The van der Waals surface area contributed by atoms with Crippen molar-refractivity contribution in [3.63, 3.8) is 0 Å². The quantitative estimate of drug-likeness (QED) is 0.380. The van der Waals surface area contributed by atoms with Crippen LogP contribution in [0.2, 0.25) is 0 Å². The molecule has 2 bridgehead atoms. The summed E-state index contributed by atoms with van der Waals surface area (Å²) in [6, 6.07) is 0. The van der Waals surface area contributed by atoms with Crippen molar-refractivity contribution >= 4 is 12.3 Å². The van der Waals surface area contributed by atoms with Crippen LogP contribution >= 0.6 is 0 Å². The molecule has 2 fully saturated rings. The van der Waals surface area contributed by atoms with Gasteiger partial charge in [0.05, 0.1) is 13.2 Å². The van der Waals surface area contributed by atoms with E-state index in [1.165, 1.54) is 7.11 Å². The number of esters is 1. The van der Waals surface area contributed by atoms with E-state index in [0.29, 0.717) is 18.6 Å². The van der Waals surface area contributed by atoms with Gasteiger partial charge in [-0.25, -0.2) is 4.79 Å². The smallest absolute Gasteiger partial charge is 0.331 e. The van der Waals surface area contributed by atoms with Crippen LogP contribution in [0.15, 0.2) is 0 Å². The number of fused-ring (bicyclic) bond motifs is 2. The van der Waals surface area contributed by atoms with Gasteiger partial charge >= 0.3 is 5.97 Å². The predicted octanol–water partition coefficient (Wildman–Crippen LogP) is 1.48. The second-order valence-electron chi connectivity index (χ2n) is 5.41. The van der Waals surface area contributed by atoms with E-state index in [2.05, 4.69) is 4.74 Å². The lowest BCUT2D eigenvalue weighted by Crippen LogP contribution is -2.35. The molecule has 5 heteroatoms. The normalized spacial score (nSPS) is 32.5. The molecule has 0 aromatic rings. The van der Waals surface area contributed by atoms with Gasteiger partial charge in [0, 0.05) is 6.61 Å². The Morgan fingerprint density at radius 3 is 3.00 bits per heavy atom. The van der Waals surface area contributed by atoms with Crippen LogP contribution in [-0.2, 0) is 23.8 Å². The SMILES string of the molecule is COC(=O)COCCCCC1CC2CCC1(C=O)O2. The molecule has 0 amide bonds. The van der Waals surface area contributed by atoms with Gasteiger partial charge in [0.2, 0.25) is 0 Å². The Kier molecular flexibility index (Phi) is 4.93. The Bertz CT molecular complexity index is 330. The highest BCUT2D eigenvalue weighted by Gasteiger charge is 2.52. The minimum absolute atomic E-state index is 0.0173. The fourth-order valence-corrected chi connectivity index (χ4v) is 3.15. The molecule has 2 heterocycles. The van der Waals surface area contributed by atoms with Gasteiger partial charge in [-0.05, 0) is 38.0 Å². The van der Waals surface area contributed by atoms with Gasteiger partial charge in [0.1, 0.15) is 12.2 Å². The van der Waals surface area contributed by atoms with Crippen LogP contribution in [0.5, 0.6) is 0 Å². The molecule has 0 aromatic heterocycles. The molecule has 2 aliphatic rings. The number of carbonyl (C=O) groups excluding carboxylic acids is 2. The van der Waals surface area contributed by atoms with Crippen molar-refractivity contribution in [3.05, 3.63) is 0 Å². The van der Waals surface area contributed by atoms with Crippen LogP contribution in [0.25, 0.3) is 0 Å². The largest absolute Gasteiger partial charge is 0.467 e. The van der Waals surface area contributed by atoms with Gasteiger partial charge in [-0.2, -0.15) is 0 Å². The van der Waals surface area contributed by atoms with E-state index in [0.717, 1.165) is 44.8 Å². The zero-order valence-electron chi connectivity index (χ0n) is 11.4. The van der Waals surface area contributed by atoms with E-state index in [-0.39, 0.29) is 12.6 Å². The maximum absolute atomic E-state index is 11.2. The Labute approximate surface area is 113 Å². The summed E-state index contributed by atoms with van der Waals surface area (Å²) in [6.07, 6.45) is 7.12. The molecule has 2 rings (SSSR count). The molecule has 5 nitrogen and oxygen atoms in total. The van der Waals surface area contributed by atoms with Gasteiger partial charge in [0.15, 0.2) is 6.29 Å². The van der Waals surface area contributed by atoms with Crippen LogP contribution in [0.1, 0.15) is 38.5 Å². The fourth-order valence-electron chi connectivity index (χ4n) is 3.15. The van der Waals surface area contributed by atoms with Crippen LogP contribution in [0.4, 0.5) is 0 Å². The molecule has 3 atom stereocenters. The van der Waals surface area contributed by atoms with Gasteiger partial charge in [-0.15, -0.1) is 0 Å². The first-order chi connectivity index (χ1) is 9.20. The Balaban J connectivity index is 1.59. The molecule has 2 aliphatic heterocycles. The average molecular weight is 270 g/mol. The monoisotopic (exact) mass is 270 g/mol. The lowest BCUT2D eigenvalue weighted by molar-refractivity contribution is -0.145. The molecule has 0 N–H and O–H groups in total. The molecule has 0 spiro atoms. The van der Waals surface area contributed by atoms with Crippen LogP contribution in [0.3, 0.4) is 0 Å². The van der Waals surface area contributed by atoms with Crippen LogP contribution in [0, 0.1) is 5.92 Å². The first kappa shape index (κ1) is 14.5. The predicted molar refractivity (Wildman–Crippen MR) is 67.7 cm³/mol. The number of hydrogen-bond donors (Lipinski definition) is 0. The highest BCUT2D eigenvalue weighted by molar-refractivity contribution is 5.70. The van der Waals surface area contributed by atoms with Crippen molar-refractivity contribution in [1.29, 1.82) is 0 Å². The lowest BCUT2D eigenvalue weighted by Gasteiger charge is -2.27. The van der Waals surface area contributed by atoms with E-state index >= 15 is 0 Å². The Morgan fingerprint density at radius 1 is 1.47 bits per heavy atom. The average Bonchev–Trinajstić information content (AvgIpc) is 3.00. The second kappa shape index (κ2) is 6.48. The fraction of sp³-hybridized carbons (Fsp3) is 0.857. The molecule has 2 saturated heterocycles. The maximum atomic E-state index is 11.2. The molecule has 0 aromatic carbocycles. The summed E-state index contributed by atoms with van der Waals surface area (Å²) in [6.45, 7) is 0.573. The van der Waals surface area contributed by atoms with Crippen molar-refractivity contribution in [1.82, 2.24) is 0 Å². The Morgan fingerprint density at radius 2 is 2.32 bits per heavy atom. The number of carbonyl (C=O) groups is 2. The lowest BCUT2D eigenvalue weighted by atomic mass is 9.77. The van der Waals surface area contributed by atoms with Gasteiger partial charge in [-0.3, -0.25) is 0 Å². The first-order valence-corrected chi connectivity index (χ1v) is 6.99.